The molecular formula is C32H36Cl2N2O2S. The summed E-state index contributed by atoms with van der Waals surface area (Å²) in [6.07, 6.45) is 9.33. The van der Waals surface area contributed by atoms with Gasteiger partial charge in [-0.3, -0.25) is 9.59 Å². The van der Waals surface area contributed by atoms with Gasteiger partial charge < -0.3 is 9.80 Å². The molecule has 2 heterocycles. The van der Waals surface area contributed by atoms with Crippen molar-refractivity contribution < 1.29 is 9.59 Å². The van der Waals surface area contributed by atoms with Crippen LogP contribution in [-0.2, 0) is 17.6 Å². The fourth-order valence-electron chi connectivity index (χ4n) is 6.00. The first kappa shape index (κ1) is 28.2. The van der Waals surface area contributed by atoms with Crippen molar-refractivity contribution in [1.29, 1.82) is 0 Å². The van der Waals surface area contributed by atoms with Crippen LogP contribution in [0.4, 0.5) is 0 Å². The Labute approximate surface area is 245 Å². The zero-order chi connectivity index (χ0) is 27.4. The molecule has 1 atom stereocenters. The van der Waals surface area contributed by atoms with E-state index in [1.54, 1.807) is 17.4 Å². The average Bonchev–Trinajstić information content (AvgIpc) is 3.44. The van der Waals surface area contributed by atoms with E-state index in [0.717, 1.165) is 62.5 Å². The highest BCUT2D eigenvalue weighted by Gasteiger charge is 2.36. The fraction of sp³-hybridized carbons (Fsp3) is 0.438. The predicted octanol–water partition coefficient (Wildman–Crippen LogP) is 8.35. The minimum atomic E-state index is -0.293. The van der Waals surface area contributed by atoms with E-state index in [2.05, 4.69) is 30.5 Å². The van der Waals surface area contributed by atoms with E-state index >= 15 is 0 Å². The van der Waals surface area contributed by atoms with E-state index in [1.165, 1.54) is 16.9 Å². The molecule has 0 bridgehead atoms. The van der Waals surface area contributed by atoms with Gasteiger partial charge in [-0.15, -0.1) is 11.3 Å². The highest BCUT2D eigenvalue weighted by Crippen LogP contribution is 2.41. The Kier molecular flexibility index (Phi) is 9.32. The summed E-state index contributed by atoms with van der Waals surface area (Å²) in [6.45, 7) is 2.85. The maximum Gasteiger partial charge on any atom is 0.254 e. The van der Waals surface area contributed by atoms with Crippen LogP contribution in [0.15, 0.2) is 53.9 Å². The molecule has 0 radical (unpaired) electrons. The molecule has 206 valence electrons. The smallest absolute Gasteiger partial charge is 0.254 e. The summed E-state index contributed by atoms with van der Waals surface area (Å²) in [5.74, 6) is -0.0899. The van der Waals surface area contributed by atoms with Gasteiger partial charge in [0.2, 0.25) is 5.91 Å². The van der Waals surface area contributed by atoms with Crippen LogP contribution in [0.3, 0.4) is 0 Å². The van der Waals surface area contributed by atoms with E-state index in [9.17, 15) is 9.59 Å². The van der Waals surface area contributed by atoms with Gasteiger partial charge in [0.05, 0.1) is 6.04 Å². The number of thiophene rings is 1. The molecule has 2 aromatic carbocycles. The number of unbranched alkanes of at least 4 members (excludes halogenated alkanes) is 1. The molecule has 1 saturated carbocycles. The second-order valence-corrected chi connectivity index (χ2v) is 12.6. The fourth-order valence-corrected chi connectivity index (χ4v) is 7.42. The van der Waals surface area contributed by atoms with Crippen LogP contribution < -0.4 is 0 Å². The van der Waals surface area contributed by atoms with Crippen LogP contribution in [0, 0.1) is 0 Å². The summed E-state index contributed by atoms with van der Waals surface area (Å²) in [7, 11) is 0. The van der Waals surface area contributed by atoms with Crippen LogP contribution in [-0.4, -0.2) is 40.7 Å². The molecule has 5 rings (SSSR count). The maximum absolute atomic E-state index is 14.1. The Morgan fingerprint density at radius 3 is 2.49 bits per heavy atom. The van der Waals surface area contributed by atoms with E-state index in [-0.39, 0.29) is 30.4 Å². The summed E-state index contributed by atoms with van der Waals surface area (Å²) >= 11 is 14.6. The SMILES string of the molecule is CCCCc1ccc(C(=O)N(CC(=O)N2CCc3sccc3C2c2ccc(Cl)cc2Cl)C2CCCCC2)cc1. The Bertz CT molecular complexity index is 1300. The first-order valence-electron chi connectivity index (χ1n) is 14.2. The lowest BCUT2D eigenvalue weighted by Gasteiger charge is -2.40. The van der Waals surface area contributed by atoms with Gasteiger partial charge >= 0.3 is 0 Å². The van der Waals surface area contributed by atoms with Gasteiger partial charge in [0, 0.05) is 33.1 Å². The topological polar surface area (TPSA) is 40.6 Å². The number of carbonyl (C=O) groups is 2. The maximum atomic E-state index is 14.1. The molecule has 0 saturated heterocycles. The van der Waals surface area contributed by atoms with Crippen molar-refractivity contribution in [3.63, 3.8) is 0 Å². The van der Waals surface area contributed by atoms with Crippen LogP contribution >= 0.6 is 34.5 Å². The first-order valence-corrected chi connectivity index (χ1v) is 15.8. The minimum absolute atomic E-state index is 0.0404. The summed E-state index contributed by atoms with van der Waals surface area (Å²) in [5, 5.41) is 3.20. The molecule has 1 unspecified atom stereocenters. The lowest BCUT2D eigenvalue weighted by molar-refractivity contribution is -0.134. The molecule has 2 amide bonds. The van der Waals surface area contributed by atoms with Gasteiger partial charge in [-0.05, 0) is 84.5 Å². The molecule has 0 N–H and O–H groups in total. The lowest BCUT2D eigenvalue weighted by atomic mass is 9.92. The van der Waals surface area contributed by atoms with E-state index in [1.807, 2.05) is 34.1 Å². The standard InChI is InChI=1S/C32H36Cl2N2O2S/c1-2-3-7-22-10-12-23(13-11-22)32(38)36(25-8-5-4-6-9-25)21-30(37)35-18-16-29-27(17-19-39-29)31(35)26-15-14-24(33)20-28(26)34/h10-15,17,19-20,25,31H,2-9,16,18,21H2,1H3. The van der Waals surface area contributed by atoms with Gasteiger partial charge in [0.1, 0.15) is 6.54 Å². The molecule has 2 aliphatic rings. The average molecular weight is 584 g/mol. The molecule has 4 nitrogen and oxygen atoms in total. The third kappa shape index (κ3) is 6.37. The summed E-state index contributed by atoms with van der Waals surface area (Å²) in [5.41, 5.74) is 3.88. The number of carbonyl (C=O) groups excluding carboxylic acids is 2. The van der Waals surface area contributed by atoms with Crippen molar-refractivity contribution in [3.8, 4) is 0 Å². The molecule has 0 spiro atoms. The predicted molar refractivity (Wildman–Crippen MR) is 161 cm³/mol. The molecular weight excluding hydrogens is 547 g/mol. The number of halogens is 2. The second-order valence-electron chi connectivity index (χ2n) is 10.7. The number of rotatable bonds is 8. The highest BCUT2D eigenvalue weighted by atomic mass is 35.5. The molecule has 1 aliphatic heterocycles. The van der Waals surface area contributed by atoms with Crippen molar-refractivity contribution in [1.82, 2.24) is 9.80 Å². The van der Waals surface area contributed by atoms with E-state index < -0.39 is 0 Å². The monoisotopic (exact) mass is 582 g/mol. The van der Waals surface area contributed by atoms with Gasteiger partial charge in [0.15, 0.2) is 0 Å². The largest absolute Gasteiger partial charge is 0.330 e. The Hall–Kier alpha value is -2.34. The third-order valence-electron chi connectivity index (χ3n) is 8.15. The Balaban J connectivity index is 1.42. The van der Waals surface area contributed by atoms with Crippen molar-refractivity contribution in [3.05, 3.63) is 91.1 Å². The molecule has 1 fully saturated rings. The number of fused-ring (bicyclic) bond motifs is 1. The van der Waals surface area contributed by atoms with Gasteiger partial charge in [-0.25, -0.2) is 0 Å². The van der Waals surface area contributed by atoms with Crippen LogP contribution in [0.5, 0.6) is 0 Å². The Morgan fingerprint density at radius 1 is 1.00 bits per heavy atom. The normalized spacial score (nSPS) is 17.6. The van der Waals surface area contributed by atoms with Gasteiger partial charge in [0.25, 0.3) is 5.91 Å². The molecule has 3 aromatic rings. The number of hydrogen-bond acceptors (Lipinski definition) is 3. The van der Waals surface area contributed by atoms with Crippen molar-refractivity contribution in [2.24, 2.45) is 0 Å². The molecule has 7 heteroatoms. The van der Waals surface area contributed by atoms with Gasteiger partial charge in [-0.1, -0.05) is 74.0 Å². The minimum Gasteiger partial charge on any atom is -0.330 e. The first-order chi connectivity index (χ1) is 19.0. The van der Waals surface area contributed by atoms with Crippen molar-refractivity contribution in [2.45, 2.75) is 76.8 Å². The highest BCUT2D eigenvalue weighted by molar-refractivity contribution is 7.10. The second kappa shape index (κ2) is 12.9. The number of hydrogen-bond donors (Lipinski definition) is 0. The number of amides is 2. The number of aryl methyl sites for hydroxylation is 1. The summed E-state index contributed by atoms with van der Waals surface area (Å²) < 4.78 is 0. The van der Waals surface area contributed by atoms with E-state index in [0.29, 0.717) is 22.2 Å². The van der Waals surface area contributed by atoms with E-state index in [4.69, 9.17) is 23.2 Å². The van der Waals surface area contributed by atoms with Crippen LogP contribution in [0.25, 0.3) is 0 Å². The van der Waals surface area contributed by atoms with Crippen molar-refractivity contribution >= 4 is 46.4 Å². The zero-order valence-corrected chi connectivity index (χ0v) is 24.8. The van der Waals surface area contributed by atoms with Crippen LogP contribution in [0.1, 0.15) is 89.8 Å². The molecule has 1 aromatic heterocycles. The zero-order valence-electron chi connectivity index (χ0n) is 22.5. The molecule has 39 heavy (non-hydrogen) atoms. The number of nitrogens with zero attached hydrogens (tertiary/aromatic N) is 2. The lowest BCUT2D eigenvalue weighted by Crippen LogP contribution is -2.50. The number of benzene rings is 2. The van der Waals surface area contributed by atoms with Crippen molar-refractivity contribution in [2.75, 3.05) is 13.1 Å². The van der Waals surface area contributed by atoms with Gasteiger partial charge in [-0.2, -0.15) is 0 Å². The van der Waals surface area contributed by atoms with Crippen LogP contribution in [0.2, 0.25) is 10.0 Å². The molecule has 1 aliphatic carbocycles. The summed E-state index contributed by atoms with van der Waals surface area (Å²) in [4.78, 5) is 33.1. The Morgan fingerprint density at radius 2 is 1.77 bits per heavy atom. The quantitative estimate of drug-likeness (QED) is 0.268. The third-order valence-corrected chi connectivity index (χ3v) is 9.70. The summed E-state index contributed by atoms with van der Waals surface area (Å²) in [6, 6.07) is 15.4.